The molecule has 2 amide bonds. The van der Waals surface area contributed by atoms with Gasteiger partial charge in [0.2, 0.25) is 5.91 Å². The number of hydrogen-bond acceptors (Lipinski definition) is 3. The maximum atomic E-state index is 12.1. The Morgan fingerprint density at radius 2 is 2.09 bits per heavy atom. The molecular formula is C17H18N2O3. The van der Waals surface area contributed by atoms with E-state index in [-0.39, 0.29) is 17.9 Å². The summed E-state index contributed by atoms with van der Waals surface area (Å²) in [6.45, 7) is 3.73. The Labute approximate surface area is 128 Å². The molecule has 0 unspecified atom stereocenters. The smallest absolute Gasteiger partial charge is 0.287 e. The van der Waals surface area contributed by atoms with E-state index in [1.807, 2.05) is 25.1 Å². The number of furan rings is 1. The summed E-state index contributed by atoms with van der Waals surface area (Å²) in [4.78, 5) is 23.5. The van der Waals surface area contributed by atoms with Crippen molar-refractivity contribution in [3.05, 3.63) is 53.0 Å². The van der Waals surface area contributed by atoms with Gasteiger partial charge in [0, 0.05) is 12.1 Å². The zero-order valence-electron chi connectivity index (χ0n) is 12.6. The molecule has 3 rings (SSSR count). The van der Waals surface area contributed by atoms with Gasteiger partial charge in [-0.15, -0.1) is 0 Å². The van der Waals surface area contributed by atoms with Crippen molar-refractivity contribution in [1.82, 2.24) is 5.32 Å². The number of rotatable bonds is 3. The maximum absolute atomic E-state index is 12.1. The van der Waals surface area contributed by atoms with Crippen LogP contribution in [0.2, 0.25) is 0 Å². The molecule has 2 N–H and O–H groups in total. The number of hydrogen-bond donors (Lipinski definition) is 2. The number of fused-ring (bicyclic) bond motifs is 1. The molecule has 0 saturated heterocycles. The Morgan fingerprint density at radius 1 is 1.27 bits per heavy atom. The average Bonchev–Trinajstić information content (AvgIpc) is 2.93. The van der Waals surface area contributed by atoms with Crippen molar-refractivity contribution in [2.75, 3.05) is 5.32 Å². The normalized spacial score (nSPS) is 14.9. The number of anilines is 1. The van der Waals surface area contributed by atoms with Gasteiger partial charge in [-0.3, -0.25) is 9.59 Å². The topological polar surface area (TPSA) is 71.3 Å². The molecule has 0 spiro atoms. The van der Waals surface area contributed by atoms with Crippen molar-refractivity contribution in [2.45, 2.75) is 32.7 Å². The first-order chi connectivity index (χ1) is 10.5. The summed E-state index contributed by atoms with van der Waals surface area (Å²) in [7, 11) is 0. The van der Waals surface area contributed by atoms with Crippen LogP contribution in [0, 0.1) is 6.92 Å². The van der Waals surface area contributed by atoms with Crippen LogP contribution in [-0.4, -0.2) is 11.8 Å². The first-order valence-corrected chi connectivity index (χ1v) is 7.33. The first-order valence-electron chi connectivity index (χ1n) is 7.33. The molecular weight excluding hydrogens is 280 g/mol. The number of nitrogens with one attached hydrogen (secondary N) is 2. The average molecular weight is 298 g/mol. The lowest BCUT2D eigenvalue weighted by atomic mass is 9.98. The second kappa shape index (κ2) is 5.67. The Bertz CT molecular complexity index is 733. The van der Waals surface area contributed by atoms with Crippen LogP contribution in [0.25, 0.3) is 0 Å². The SMILES string of the molecule is Cc1ccc(C(=O)N[C@H](C)c2ccc3c(c2)CCC(=O)N3)o1. The maximum Gasteiger partial charge on any atom is 0.287 e. The minimum Gasteiger partial charge on any atom is -0.456 e. The number of carbonyl (C=O) groups excluding carboxylic acids is 2. The highest BCUT2D eigenvalue weighted by atomic mass is 16.3. The van der Waals surface area contributed by atoms with E-state index in [2.05, 4.69) is 10.6 Å². The summed E-state index contributed by atoms with van der Waals surface area (Å²) in [5, 5.41) is 5.78. The van der Waals surface area contributed by atoms with Crippen molar-refractivity contribution in [1.29, 1.82) is 0 Å². The molecule has 2 heterocycles. The fraction of sp³-hybridized carbons (Fsp3) is 0.294. The van der Waals surface area contributed by atoms with E-state index in [1.165, 1.54) is 0 Å². The van der Waals surface area contributed by atoms with Crippen LogP contribution in [0.1, 0.15) is 46.8 Å². The van der Waals surface area contributed by atoms with Gasteiger partial charge in [0.25, 0.3) is 5.91 Å². The molecule has 1 aliphatic rings. The Hall–Kier alpha value is -2.56. The van der Waals surface area contributed by atoms with Gasteiger partial charge in [0.05, 0.1) is 6.04 Å². The number of carbonyl (C=O) groups is 2. The fourth-order valence-electron chi connectivity index (χ4n) is 2.58. The molecule has 5 nitrogen and oxygen atoms in total. The Kier molecular flexibility index (Phi) is 3.71. The zero-order valence-corrected chi connectivity index (χ0v) is 12.6. The lowest BCUT2D eigenvalue weighted by Gasteiger charge is -2.20. The molecule has 1 atom stereocenters. The van der Waals surface area contributed by atoms with Crippen LogP contribution in [0.4, 0.5) is 5.69 Å². The van der Waals surface area contributed by atoms with E-state index in [9.17, 15) is 9.59 Å². The van der Waals surface area contributed by atoms with Crippen molar-refractivity contribution < 1.29 is 14.0 Å². The van der Waals surface area contributed by atoms with Gasteiger partial charge in [0.1, 0.15) is 5.76 Å². The Balaban J connectivity index is 1.74. The van der Waals surface area contributed by atoms with Crippen molar-refractivity contribution in [3.63, 3.8) is 0 Å². The molecule has 1 aromatic heterocycles. The van der Waals surface area contributed by atoms with Gasteiger partial charge in [-0.2, -0.15) is 0 Å². The van der Waals surface area contributed by atoms with Gasteiger partial charge in [-0.25, -0.2) is 0 Å². The number of amides is 2. The molecule has 0 aliphatic carbocycles. The largest absolute Gasteiger partial charge is 0.456 e. The third-order valence-electron chi connectivity index (χ3n) is 3.84. The third kappa shape index (κ3) is 2.88. The van der Waals surface area contributed by atoms with E-state index in [1.54, 1.807) is 19.1 Å². The third-order valence-corrected chi connectivity index (χ3v) is 3.84. The minimum atomic E-state index is -0.230. The molecule has 22 heavy (non-hydrogen) atoms. The highest BCUT2D eigenvalue weighted by Gasteiger charge is 2.18. The van der Waals surface area contributed by atoms with E-state index in [0.717, 1.165) is 23.2 Å². The number of aryl methyl sites for hydroxylation is 2. The molecule has 5 heteroatoms. The van der Waals surface area contributed by atoms with Crippen LogP contribution in [0.5, 0.6) is 0 Å². The van der Waals surface area contributed by atoms with Gasteiger partial charge >= 0.3 is 0 Å². The van der Waals surface area contributed by atoms with Gasteiger partial charge in [-0.05, 0) is 49.6 Å². The van der Waals surface area contributed by atoms with E-state index < -0.39 is 0 Å². The summed E-state index contributed by atoms with van der Waals surface area (Å²) >= 11 is 0. The summed E-state index contributed by atoms with van der Waals surface area (Å²) in [6.07, 6.45) is 1.23. The van der Waals surface area contributed by atoms with Crippen LogP contribution in [0.3, 0.4) is 0 Å². The molecule has 0 radical (unpaired) electrons. The standard InChI is InChI=1S/C17H18N2O3/c1-10-3-7-15(22-10)17(21)18-11(2)12-4-6-14-13(9-12)5-8-16(20)19-14/h3-4,6-7,9,11H,5,8H2,1-2H3,(H,18,21)(H,19,20)/t11-/m1/s1. The van der Waals surface area contributed by atoms with Gasteiger partial charge in [0.15, 0.2) is 5.76 Å². The van der Waals surface area contributed by atoms with Crippen LogP contribution < -0.4 is 10.6 Å². The molecule has 2 aromatic rings. The van der Waals surface area contributed by atoms with Gasteiger partial charge in [-0.1, -0.05) is 12.1 Å². The molecule has 114 valence electrons. The van der Waals surface area contributed by atoms with Crippen molar-refractivity contribution in [3.8, 4) is 0 Å². The highest BCUT2D eigenvalue weighted by molar-refractivity contribution is 5.94. The van der Waals surface area contributed by atoms with E-state index in [0.29, 0.717) is 17.9 Å². The van der Waals surface area contributed by atoms with Crippen molar-refractivity contribution >= 4 is 17.5 Å². The molecule has 0 bridgehead atoms. The lowest BCUT2D eigenvalue weighted by molar-refractivity contribution is -0.116. The summed E-state index contributed by atoms with van der Waals surface area (Å²) in [6, 6.07) is 9.14. The predicted octanol–water partition coefficient (Wildman–Crippen LogP) is 2.96. The zero-order chi connectivity index (χ0) is 15.7. The van der Waals surface area contributed by atoms with Crippen LogP contribution in [-0.2, 0) is 11.2 Å². The Morgan fingerprint density at radius 3 is 2.82 bits per heavy atom. The van der Waals surface area contributed by atoms with E-state index in [4.69, 9.17) is 4.42 Å². The highest BCUT2D eigenvalue weighted by Crippen LogP contribution is 2.26. The fourth-order valence-corrected chi connectivity index (χ4v) is 2.58. The van der Waals surface area contributed by atoms with Crippen molar-refractivity contribution in [2.24, 2.45) is 0 Å². The molecule has 0 fully saturated rings. The molecule has 1 aromatic carbocycles. The summed E-state index contributed by atoms with van der Waals surface area (Å²) in [5.41, 5.74) is 2.97. The summed E-state index contributed by atoms with van der Waals surface area (Å²) < 4.78 is 5.32. The lowest BCUT2D eigenvalue weighted by Crippen LogP contribution is -2.26. The number of benzene rings is 1. The van der Waals surface area contributed by atoms with E-state index >= 15 is 0 Å². The van der Waals surface area contributed by atoms with Crippen LogP contribution in [0.15, 0.2) is 34.7 Å². The van der Waals surface area contributed by atoms with Gasteiger partial charge < -0.3 is 15.1 Å². The van der Waals surface area contributed by atoms with Crippen LogP contribution >= 0.6 is 0 Å². The quantitative estimate of drug-likeness (QED) is 0.915. The second-order valence-electron chi connectivity index (χ2n) is 5.57. The minimum absolute atomic E-state index is 0.0507. The summed E-state index contributed by atoms with van der Waals surface area (Å²) in [5.74, 6) is 0.846. The first kappa shape index (κ1) is 14.4. The molecule has 1 aliphatic heterocycles. The molecule has 0 saturated carbocycles. The monoisotopic (exact) mass is 298 g/mol. The predicted molar refractivity (Wildman–Crippen MR) is 82.7 cm³/mol. The second-order valence-corrected chi connectivity index (χ2v) is 5.57.